The molecule has 3 rings (SSSR count). The molecule has 24 heavy (non-hydrogen) atoms. The Bertz CT molecular complexity index is 849. The van der Waals surface area contributed by atoms with Crippen LogP contribution in [0, 0.1) is 0 Å². The number of hydrogen-bond donors (Lipinski definition) is 2. The van der Waals surface area contributed by atoms with Crippen LogP contribution in [0.25, 0.3) is 5.69 Å². The van der Waals surface area contributed by atoms with Crippen LogP contribution in [0.3, 0.4) is 0 Å². The third-order valence-corrected chi connectivity index (χ3v) is 3.50. The number of hydrogen-bond acceptors (Lipinski definition) is 5. The zero-order valence-electron chi connectivity index (χ0n) is 12.9. The normalized spacial score (nSPS) is 10.4. The van der Waals surface area contributed by atoms with Gasteiger partial charge in [-0.3, -0.25) is 4.79 Å². The number of aromatic nitrogens is 4. The number of carbonyl (C=O) groups is 1. The first-order chi connectivity index (χ1) is 11.6. The van der Waals surface area contributed by atoms with Crippen molar-refractivity contribution in [3.63, 3.8) is 0 Å². The predicted molar refractivity (Wildman–Crippen MR) is 92.2 cm³/mol. The third kappa shape index (κ3) is 3.69. The van der Waals surface area contributed by atoms with Crippen molar-refractivity contribution >= 4 is 28.9 Å². The van der Waals surface area contributed by atoms with Gasteiger partial charge in [-0.15, -0.1) is 5.10 Å². The Kier molecular flexibility index (Phi) is 4.72. The van der Waals surface area contributed by atoms with Crippen LogP contribution in [-0.2, 0) is 11.3 Å². The lowest BCUT2D eigenvalue weighted by atomic mass is 10.2. The van der Waals surface area contributed by atoms with E-state index < -0.39 is 0 Å². The summed E-state index contributed by atoms with van der Waals surface area (Å²) in [5.41, 5.74) is 2.21. The van der Waals surface area contributed by atoms with Crippen LogP contribution in [0.15, 0.2) is 48.5 Å². The molecule has 0 radical (unpaired) electrons. The van der Waals surface area contributed by atoms with E-state index >= 15 is 0 Å². The molecule has 0 atom stereocenters. The largest absolute Gasteiger partial charge is 0.376 e. The molecule has 0 spiro atoms. The van der Waals surface area contributed by atoms with Crippen LogP contribution in [0.4, 0.5) is 11.4 Å². The van der Waals surface area contributed by atoms with E-state index in [2.05, 4.69) is 26.2 Å². The van der Waals surface area contributed by atoms with Gasteiger partial charge in [0, 0.05) is 11.9 Å². The number of para-hydroxylation sites is 1. The summed E-state index contributed by atoms with van der Waals surface area (Å²) in [5, 5.41) is 18.3. The molecule has 2 N–H and O–H groups in total. The van der Waals surface area contributed by atoms with Gasteiger partial charge in [0.2, 0.25) is 5.91 Å². The second-order valence-corrected chi connectivity index (χ2v) is 5.50. The monoisotopic (exact) mass is 342 g/mol. The number of carbonyl (C=O) groups excluding carboxylic acids is 1. The number of halogens is 1. The number of nitrogens with zero attached hydrogens (tertiary/aromatic N) is 4. The molecule has 3 aromatic rings. The second kappa shape index (κ2) is 7.10. The lowest BCUT2D eigenvalue weighted by Gasteiger charge is -2.12. The summed E-state index contributed by atoms with van der Waals surface area (Å²) < 4.78 is 1.65. The average Bonchev–Trinajstić information content (AvgIpc) is 3.04. The highest BCUT2D eigenvalue weighted by atomic mass is 35.5. The van der Waals surface area contributed by atoms with E-state index in [4.69, 9.17) is 11.6 Å². The first-order valence-electron chi connectivity index (χ1n) is 7.27. The van der Waals surface area contributed by atoms with Crippen LogP contribution in [0.1, 0.15) is 12.7 Å². The van der Waals surface area contributed by atoms with Gasteiger partial charge in [0.1, 0.15) is 0 Å². The molecule has 0 aliphatic carbocycles. The number of anilines is 2. The van der Waals surface area contributed by atoms with Crippen molar-refractivity contribution < 1.29 is 4.79 Å². The molecular formula is C16H15ClN6O. The van der Waals surface area contributed by atoms with Gasteiger partial charge in [-0.1, -0.05) is 29.8 Å². The maximum absolute atomic E-state index is 11.3. The van der Waals surface area contributed by atoms with Gasteiger partial charge in [0.05, 0.1) is 23.6 Å². The minimum atomic E-state index is -0.158. The lowest BCUT2D eigenvalue weighted by molar-refractivity contribution is -0.114. The van der Waals surface area contributed by atoms with E-state index in [-0.39, 0.29) is 5.91 Å². The minimum Gasteiger partial charge on any atom is -0.376 e. The minimum absolute atomic E-state index is 0.158. The topological polar surface area (TPSA) is 84.7 Å². The number of tetrazole rings is 1. The number of rotatable bonds is 5. The molecule has 7 nitrogen and oxygen atoms in total. The maximum Gasteiger partial charge on any atom is 0.221 e. The molecule has 0 fully saturated rings. The molecule has 1 aromatic heterocycles. The molecule has 0 unspecified atom stereocenters. The van der Waals surface area contributed by atoms with E-state index in [0.717, 1.165) is 5.69 Å². The van der Waals surface area contributed by atoms with E-state index in [9.17, 15) is 4.79 Å². The fraction of sp³-hybridized carbons (Fsp3) is 0.125. The zero-order chi connectivity index (χ0) is 16.9. The fourth-order valence-corrected chi connectivity index (χ4v) is 2.39. The highest BCUT2D eigenvalue weighted by Crippen LogP contribution is 2.26. The van der Waals surface area contributed by atoms with Crippen LogP contribution in [0.2, 0.25) is 5.02 Å². The van der Waals surface area contributed by atoms with Crippen molar-refractivity contribution in [1.82, 2.24) is 20.2 Å². The van der Waals surface area contributed by atoms with Crippen LogP contribution < -0.4 is 10.6 Å². The number of benzene rings is 2. The molecule has 0 aliphatic rings. The van der Waals surface area contributed by atoms with Crippen LogP contribution in [-0.4, -0.2) is 26.1 Å². The van der Waals surface area contributed by atoms with Gasteiger partial charge >= 0.3 is 0 Å². The van der Waals surface area contributed by atoms with Crippen molar-refractivity contribution in [2.24, 2.45) is 0 Å². The molecular weight excluding hydrogens is 328 g/mol. The molecule has 2 aromatic carbocycles. The van der Waals surface area contributed by atoms with E-state index in [1.165, 1.54) is 6.92 Å². The van der Waals surface area contributed by atoms with Crippen molar-refractivity contribution in [3.05, 3.63) is 59.4 Å². The first kappa shape index (κ1) is 15.9. The highest BCUT2D eigenvalue weighted by Gasteiger charge is 2.10. The molecule has 1 heterocycles. The van der Waals surface area contributed by atoms with Gasteiger partial charge in [-0.05, 0) is 40.8 Å². The standard InChI is InChI=1S/C16H15ClN6O/c1-11(24)19-14-8-7-12(17)9-15(14)18-10-16-20-21-22-23(16)13-5-3-2-4-6-13/h2-9,18H,10H2,1H3,(H,19,24). The molecule has 0 saturated carbocycles. The molecule has 8 heteroatoms. The van der Waals surface area contributed by atoms with E-state index in [1.54, 1.807) is 22.9 Å². The maximum atomic E-state index is 11.3. The Morgan fingerprint density at radius 1 is 1.17 bits per heavy atom. The molecule has 122 valence electrons. The average molecular weight is 343 g/mol. The second-order valence-electron chi connectivity index (χ2n) is 5.07. The predicted octanol–water partition coefficient (Wildman–Crippen LogP) is 2.89. The quantitative estimate of drug-likeness (QED) is 0.744. The zero-order valence-corrected chi connectivity index (χ0v) is 13.7. The Hall–Kier alpha value is -2.93. The summed E-state index contributed by atoms with van der Waals surface area (Å²) in [6.45, 7) is 1.82. The first-order valence-corrected chi connectivity index (χ1v) is 7.65. The molecule has 0 aliphatic heterocycles. The van der Waals surface area contributed by atoms with E-state index in [1.807, 2.05) is 30.3 Å². The summed E-state index contributed by atoms with van der Waals surface area (Å²) in [6.07, 6.45) is 0. The van der Waals surface area contributed by atoms with Gasteiger partial charge in [-0.2, -0.15) is 4.68 Å². The van der Waals surface area contributed by atoms with Crippen molar-refractivity contribution in [2.75, 3.05) is 10.6 Å². The number of amides is 1. The summed E-state index contributed by atoms with van der Waals surface area (Å²) in [4.78, 5) is 11.3. The Morgan fingerprint density at radius 2 is 1.96 bits per heavy atom. The molecule has 0 saturated heterocycles. The smallest absolute Gasteiger partial charge is 0.221 e. The summed E-state index contributed by atoms with van der Waals surface area (Å²) in [5.74, 6) is 0.476. The third-order valence-electron chi connectivity index (χ3n) is 3.26. The van der Waals surface area contributed by atoms with Gasteiger partial charge < -0.3 is 10.6 Å². The Labute approximate surface area is 143 Å². The molecule has 0 bridgehead atoms. The van der Waals surface area contributed by atoms with Crippen molar-refractivity contribution in [2.45, 2.75) is 13.5 Å². The summed E-state index contributed by atoms with van der Waals surface area (Å²) in [6, 6.07) is 14.8. The van der Waals surface area contributed by atoms with Gasteiger partial charge in [0.15, 0.2) is 5.82 Å². The fourth-order valence-electron chi connectivity index (χ4n) is 2.22. The van der Waals surface area contributed by atoms with Gasteiger partial charge in [-0.25, -0.2) is 0 Å². The molecule has 1 amide bonds. The Morgan fingerprint density at radius 3 is 2.71 bits per heavy atom. The SMILES string of the molecule is CC(=O)Nc1ccc(Cl)cc1NCc1nnnn1-c1ccccc1. The van der Waals surface area contributed by atoms with Crippen molar-refractivity contribution in [3.8, 4) is 5.69 Å². The van der Waals surface area contributed by atoms with Crippen LogP contribution >= 0.6 is 11.6 Å². The van der Waals surface area contributed by atoms with Crippen LogP contribution in [0.5, 0.6) is 0 Å². The lowest BCUT2D eigenvalue weighted by Crippen LogP contribution is -2.12. The van der Waals surface area contributed by atoms with E-state index in [0.29, 0.717) is 28.8 Å². The highest BCUT2D eigenvalue weighted by molar-refractivity contribution is 6.31. The van der Waals surface area contributed by atoms with Crippen molar-refractivity contribution in [1.29, 1.82) is 0 Å². The Balaban J connectivity index is 1.81. The summed E-state index contributed by atoms with van der Waals surface area (Å²) in [7, 11) is 0. The summed E-state index contributed by atoms with van der Waals surface area (Å²) >= 11 is 6.04. The number of nitrogens with one attached hydrogen (secondary N) is 2. The van der Waals surface area contributed by atoms with Gasteiger partial charge in [0.25, 0.3) is 0 Å².